The van der Waals surface area contributed by atoms with Crippen LogP contribution in [-0.4, -0.2) is 38.8 Å². The predicted molar refractivity (Wildman–Crippen MR) is 142 cm³/mol. The number of carbonyl (C=O) groups is 1. The molecule has 1 unspecified atom stereocenters. The summed E-state index contributed by atoms with van der Waals surface area (Å²) in [6.45, 7) is 8.83. The van der Waals surface area contributed by atoms with Gasteiger partial charge < -0.3 is 10.1 Å². The van der Waals surface area contributed by atoms with Gasteiger partial charge in [0.15, 0.2) is 0 Å². The van der Waals surface area contributed by atoms with E-state index >= 15 is 0 Å². The van der Waals surface area contributed by atoms with E-state index in [0.29, 0.717) is 47.5 Å². The van der Waals surface area contributed by atoms with Crippen LogP contribution in [0.4, 0.5) is 0 Å². The van der Waals surface area contributed by atoms with Crippen LogP contribution in [0.5, 0.6) is 5.75 Å². The van der Waals surface area contributed by atoms with E-state index in [9.17, 15) is 13.2 Å². The molecule has 0 aromatic heterocycles. The van der Waals surface area contributed by atoms with Crippen molar-refractivity contribution in [3.63, 3.8) is 0 Å². The van der Waals surface area contributed by atoms with Crippen molar-refractivity contribution in [2.24, 2.45) is 5.92 Å². The fraction of sp³-hybridized carbons (Fsp3) is 0.500. The van der Waals surface area contributed by atoms with Crippen LogP contribution in [0.25, 0.3) is 0 Å². The molecule has 3 rings (SSSR count). The minimum atomic E-state index is -3.55. The number of carbonyl (C=O) groups excluding carboxylic acids is 1. The quantitative estimate of drug-likeness (QED) is 0.455. The van der Waals surface area contributed by atoms with E-state index in [1.54, 1.807) is 25.3 Å². The number of sulfonamides is 1. The number of nitrogens with zero attached hydrogens (tertiary/aromatic N) is 1. The molecular formula is C26H34Cl2N2O4S. The molecule has 0 saturated carbocycles. The summed E-state index contributed by atoms with van der Waals surface area (Å²) < 4.78 is 32.8. The van der Waals surface area contributed by atoms with E-state index in [2.05, 4.69) is 25.2 Å². The lowest BCUT2D eigenvalue weighted by molar-refractivity contribution is -0.126. The number of ether oxygens (including phenoxy) is 1. The van der Waals surface area contributed by atoms with Gasteiger partial charge in [0.05, 0.1) is 18.9 Å². The summed E-state index contributed by atoms with van der Waals surface area (Å²) in [6.07, 6.45) is 0.954. The van der Waals surface area contributed by atoms with Crippen molar-refractivity contribution in [2.45, 2.75) is 58.2 Å². The van der Waals surface area contributed by atoms with E-state index in [4.69, 9.17) is 27.9 Å². The molecule has 35 heavy (non-hydrogen) atoms. The second kappa shape index (κ2) is 11.5. The maximum Gasteiger partial charge on any atom is 0.223 e. The van der Waals surface area contributed by atoms with Gasteiger partial charge in [-0.05, 0) is 79.1 Å². The second-order valence-corrected chi connectivity index (χ2v) is 12.3. The van der Waals surface area contributed by atoms with Gasteiger partial charge in [-0.2, -0.15) is 0 Å². The molecule has 0 bridgehead atoms. The fourth-order valence-electron chi connectivity index (χ4n) is 4.54. The molecule has 0 radical (unpaired) electrons. The molecule has 1 saturated heterocycles. The third-order valence-corrected chi connectivity index (χ3v) is 9.05. The summed E-state index contributed by atoms with van der Waals surface area (Å²) in [4.78, 5) is 13.0. The Kier molecular flexibility index (Phi) is 9.13. The van der Waals surface area contributed by atoms with Crippen LogP contribution in [0.3, 0.4) is 0 Å². The van der Waals surface area contributed by atoms with Gasteiger partial charge >= 0.3 is 0 Å². The van der Waals surface area contributed by atoms with Gasteiger partial charge in [-0.15, -0.1) is 0 Å². The molecule has 1 N–H and O–H groups in total. The lowest BCUT2D eigenvalue weighted by atomic mass is 9.92. The topological polar surface area (TPSA) is 75.7 Å². The lowest BCUT2D eigenvalue weighted by Gasteiger charge is -2.31. The number of hydrogen-bond donors (Lipinski definition) is 1. The number of nitrogens with one attached hydrogen (secondary N) is 1. The molecule has 2 aromatic rings. The SMILES string of the molecule is COc1cc(C)c(C(C)NC(=O)C2CCN(S(=O)(=O)Cc3ccc(Cl)cc3Cl)CC2)cc1C(C)C. The van der Waals surface area contributed by atoms with Gasteiger partial charge in [0, 0.05) is 29.1 Å². The summed E-state index contributed by atoms with van der Waals surface area (Å²) in [5.74, 6) is 0.684. The van der Waals surface area contributed by atoms with E-state index < -0.39 is 10.0 Å². The summed E-state index contributed by atoms with van der Waals surface area (Å²) in [7, 11) is -1.88. The van der Waals surface area contributed by atoms with Gasteiger partial charge in [-0.3, -0.25) is 4.79 Å². The van der Waals surface area contributed by atoms with Gasteiger partial charge in [0.2, 0.25) is 15.9 Å². The first-order valence-electron chi connectivity index (χ1n) is 11.8. The zero-order valence-electron chi connectivity index (χ0n) is 20.9. The summed E-state index contributed by atoms with van der Waals surface area (Å²) in [6, 6.07) is 8.77. The number of amides is 1. The number of hydrogen-bond acceptors (Lipinski definition) is 4. The van der Waals surface area contributed by atoms with Gasteiger partial charge in [0.25, 0.3) is 0 Å². The first-order valence-corrected chi connectivity index (χ1v) is 14.2. The highest BCUT2D eigenvalue weighted by Crippen LogP contribution is 2.32. The molecule has 0 aliphatic carbocycles. The molecule has 1 heterocycles. The molecule has 6 nitrogen and oxygen atoms in total. The van der Waals surface area contributed by atoms with Crippen LogP contribution in [0.15, 0.2) is 30.3 Å². The highest BCUT2D eigenvalue weighted by Gasteiger charge is 2.32. The van der Waals surface area contributed by atoms with Crippen molar-refractivity contribution in [1.82, 2.24) is 9.62 Å². The molecule has 1 amide bonds. The van der Waals surface area contributed by atoms with Crippen molar-refractivity contribution in [2.75, 3.05) is 20.2 Å². The Morgan fingerprint density at radius 1 is 1.11 bits per heavy atom. The summed E-state index contributed by atoms with van der Waals surface area (Å²) in [5, 5.41) is 3.93. The Bertz CT molecular complexity index is 1180. The zero-order valence-corrected chi connectivity index (χ0v) is 23.2. The fourth-order valence-corrected chi connectivity index (χ4v) is 6.69. The summed E-state index contributed by atoms with van der Waals surface area (Å²) >= 11 is 12.1. The molecule has 2 aromatic carbocycles. The van der Waals surface area contributed by atoms with Crippen molar-refractivity contribution in [1.29, 1.82) is 0 Å². The second-order valence-electron chi connectivity index (χ2n) is 9.50. The minimum Gasteiger partial charge on any atom is -0.496 e. The van der Waals surface area contributed by atoms with E-state index in [0.717, 1.165) is 22.4 Å². The molecule has 1 aliphatic heterocycles. The molecule has 0 spiro atoms. The summed E-state index contributed by atoms with van der Waals surface area (Å²) in [5.41, 5.74) is 3.73. The Balaban J connectivity index is 1.62. The average molecular weight is 542 g/mol. The first-order chi connectivity index (χ1) is 16.4. The van der Waals surface area contributed by atoms with Crippen molar-refractivity contribution < 1.29 is 17.9 Å². The van der Waals surface area contributed by atoms with E-state index in [1.807, 2.05) is 19.9 Å². The predicted octanol–water partition coefficient (Wildman–Crippen LogP) is 5.85. The Morgan fingerprint density at radius 2 is 1.77 bits per heavy atom. The van der Waals surface area contributed by atoms with Crippen LogP contribution in [-0.2, 0) is 20.6 Å². The Hall–Kier alpha value is -1.80. The van der Waals surface area contributed by atoms with Crippen LogP contribution in [0.1, 0.15) is 67.8 Å². The monoisotopic (exact) mass is 540 g/mol. The molecule has 1 atom stereocenters. The van der Waals surface area contributed by atoms with E-state index in [-0.39, 0.29) is 23.6 Å². The third kappa shape index (κ3) is 6.70. The largest absolute Gasteiger partial charge is 0.496 e. The average Bonchev–Trinajstić information content (AvgIpc) is 2.80. The molecule has 9 heteroatoms. The highest BCUT2D eigenvalue weighted by atomic mass is 35.5. The molecule has 1 fully saturated rings. The maximum atomic E-state index is 13.0. The van der Waals surface area contributed by atoms with Crippen molar-refractivity contribution in [3.8, 4) is 5.75 Å². The lowest BCUT2D eigenvalue weighted by Crippen LogP contribution is -2.43. The number of benzene rings is 2. The smallest absolute Gasteiger partial charge is 0.223 e. The highest BCUT2D eigenvalue weighted by molar-refractivity contribution is 7.88. The van der Waals surface area contributed by atoms with Crippen LogP contribution < -0.4 is 10.1 Å². The minimum absolute atomic E-state index is 0.0448. The van der Waals surface area contributed by atoms with E-state index in [1.165, 1.54) is 4.31 Å². The molecular weight excluding hydrogens is 507 g/mol. The number of halogens is 2. The first kappa shape index (κ1) is 27.8. The zero-order chi connectivity index (χ0) is 25.9. The number of aryl methyl sites for hydroxylation is 1. The van der Waals surface area contributed by atoms with Crippen LogP contribution >= 0.6 is 23.2 Å². The third-order valence-electron chi connectivity index (χ3n) is 6.64. The molecule has 1 aliphatic rings. The number of rotatable bonds is 8. The van der Waals surface area contributed by atoms with Gasteiger partial charge in [-0.1, -0.05) is 43.1 Å². The Labute approximate surface area is 219 Å². The van der Waals surface area contributed by atoms with Gasteiger partial charge in [-0.25, -0.2) is 12.7 Å². The molecule has 192 valence electrons. The van der Waals surface area contributed by atoms with Gasteiger partial charge in [0.1, 0.15) is 5.75 Å². The van der Waals surface area contributed by atoms with Crippen LogP contribution in [0.2, 0.25) is 10.0 Å². The Morgan fingerprint density at radius 3 is 2.34 bits per heavy atom. The maximum absolute atomic E-state index is 13.0. The van der Waals surface area contributed by atoms with Crippen molar-refractivity contribution >= 4 is 39.1 Å². The normalized spacial score (nSPS) is 16.3. The number of methoxy groups -OCH3 is 1. The van der Waals surface area contributed by atoms with Crippen LogP contribution in [0, 0.1) is 12.8 Å². The van der Waals surface area contributed by atoms with Crippen molar-refractivity contribution in [3.05, 3.63) is 62.6 Å². The number of piperidine rings is 1. The standard InChI is InChI=1S/C26H34Cl2N2O4S/c1-16(2)22-14-23(17(3)12-25(22)34-5)18(4)29-26(31)19-8-10-30(11-9-19)35(32,33)15-20-6-7-21(27)13-24(20)28/h6-7,12-14,16,18-19H,8-11,15H2,1-5H3,(H,29,31).